The highest BCUT2D eigenvalue weighted by atomic mass is 32.1. The van der Waals surface area contributed by atoms with E-state index in [4.69, 9.17) is 11.5 Å². The summed E-state index contributed by atoms with van der Waals surface area (Å²) in [5.41, 5.74) is 10.8. The Labute approximate surface area is 128 Å². The van der Waals surface area contributed by atoms with Crippen LogP contribution < -0.4 is 11.5 Å². The van der Waals surface area contributed by atoms with Crippen LogP contribution in [0, 0.1) is 0 Å². The number of nitrogens with two attached hydrogens (primary N) is 2. The van der Waals surface area contributed by atoms with E-state index in [9.17, 15) is 9.59 Å². The Morgan fingerprint density at radius 3 is 2.76 bits per heavy atom. The van der Waals surface area contributed by atoms with Crippen molar-refractivity contribution < 1.29 is 9.59 Å². The summed E-state index contributed by atoms with van der Waals surface area (Å²) in [6.45, 7) is 4.05. The van der Waals surface area contributed by atoms with Crippen LogP contribution in [0.2, 0.25) is 0 Å². The van der Waals surface area contributed by atoms with Gasteiger partial charge in [-0.3, -0.25) is 14.5 Å². The van der Waals surface area contributed by atoms with E-state index < -0.39 is 11.9 Å². The van der Waals surface area contributed by atoms with Crippen LogP contribution >= 0.6 is 11.3 Å². The van der Waals surface area contributed by atoms with Gasteiger partial charge in [-0.1, -0.05) is 6.07 Å². The van der Waals surface area contributed by atoms with E-state index in [1.165, 1.54) is 4.88 Å². The molecule has 1 unspecified atom stereocenters. The van der Waals surface area contributed by atoms with E-state index >= 15 is 0 Å². The van der Waals surface area contributed by atoms with Gasteiger partial charge in [0.25, 0.3) is 0 Å². The monoisotopic (exact) mass is 310 g/mol. The molecule has 1 aromatic rings. The summed E-state index contributed by atoms with van der Waals surface area (Å²) in [6.07, 6.45) is 0.828. The van der Waals surface area contributed by atoms with Gasteiger partial charge in [-0.2, -0.15) is 0 Å². The average molecular weight is 310 g/mol. The summed E-state index contributed by atoms with van der Waals surface area (Å²) < 4.78 is 0. The van der Waals surface area contributed by atoms with Gasteiger partial charge in [0.2, 0.25) is 11.8 Å². The molecule has 21 heavy (non-hydrogen) atoms. The lowest BCUT2D eigenvalue weighted by molar-refractivity contribution is -0.134. The molecule has 116 valence electrons. The first-order valence-electron chi connectivity index (χ1n) is 7.13. The lowest BCUT2D eigenvalue weighted by Crippen LogP contribution is -2.46. The first-order valence-corrected chi connectivity index (χ1v) is 8.01. The maximum Gasteiger partial charge on any atom is 0.240 e. The molecule has 1 aliphatic heterocycles. The van der Waals surface area contributed by atoms with Crippen LogP contribution in [0.15, 0.2) is 17.5 Å². The molecule has 7 heteroatoms. The van der Waals surface area contributed by atoms with Crippen LogP contribution in [-0.2, 0) is 16.1 Å². The van der Waals surface area contributed by atoms with Crippen molar-refractivity contribution in [1.29, 1.82) is 0 Å². The van der Waals surface area contributed by atoms with Gasteiger partial charge >= 0.3 is 0 Å². The van der Waals surface area contributed by atoms with Crippen molar-refractivity contribution in [3.8, 4) is 0 Å². The van der Waals surface area contributed by atoms with Crippen molar-refractivity contribution in [3.05, 3.63) is 22.4 Å². The van der Waals surface area contributed by atoms with E-state index in [0.29, 0.717) is 13.1 Å². The molecular formula is C14H22N4O2S. The molecule has 0 radical (unpaired) electrons. The predicted molar refractivity (Wildman–Crippen MR) is 82.6 cm³/mol. The van der Waals surface area contributed by atoms with Crippen LogP contribution in [0.25, 0.3) is 0 Å². The Hall–Kier alpha value is -1.44. The summed E-state index contributed by atoms with van der Waals surface area (Å²) in [6, 6.07) is 3.36. The fraction of sp³-hybridized carbons (Fsp3) is 0.571. The fourth-order valence-corrected chi connectivity index (χ4v) is 3.26. The van der Waals surface area contributed by atoms with E-state index in [2.05, 4.69) is 22.4 Å². The number of primary amides is 1. The number of carbonyl (C=O) groups excluding carboxylic acids is 2. The molecule has 0 bridgehead atoms. The van der Waals surface area contributed by atoms with Crippen molar-refractivity contribution in [1.82, 2.24) is 9.80 Å². The first-order chi connectivity index (χ1) is 10.1. The molecule has 1 aliphatic rings. The molecule has 2 amide bonds. The van der Waals surface area contributed by atoms with Gasteiger partial charge in [0.1, 0.15) is 0 Å². The molecule has 6 nitrogen and oxygen atoms in total. The van der Waals surface area contributed by atoms with Gasteiger partial charge in [-0.05, 0) is 17.9 Å². The zero-order valence-electron chi connectivity index (χ0n) is 12.0. The lowest BCUT2D eigenvalue weighted by atomic mass is 10.2. The maximum absolute atomic E-state index is 12.2. The zero-order valence-corrected chi connectivity index (χ0v) is 12.8. The second-order valence-electron chi connectivity index (χ2n) is 5.31. The highest BCUT2D eigenvalue weighted by Crippen LogP contribution is 2.14. The Morgan fingerprint density at radius 2 is 2.10 bits per heavy atom. The molecule has 1 fully saturated rings. The number of amides is 2. The van der Waals surface area contributed by atoms with Crippen LogP contribution in [0.5, 0.6) is 0 Å². The number of carbonyl (C=O) groups is 2. The van der Waals surface area contributed by atoms with Crippen LogP contribution in [0.4, 0.5) is 0 Å². The van der Waals surface area contributed by atoms with Crippen molar-refractivity contribution in [2.24, 2.45) is 11.5 Å². The number of hydrogen-bond donors (Lipinski definition) is 2. The molecule has 1 atom stereocenters. The van der Waals surface area contributed by atoms with Crippen molar-refractivity contribution in [2.45, 2.75) is 25.4 Å². The molecule has 1 aromatic heterocycles. The molecule has 0 saturated carbocycles. The number of hydrogen-bond acceptors (Lipinski definition) is 5. The van der Waals surface area contributed by atoms with Gasteiger partial charge < -0.3 is 16.4 Å². The molecule has 2 heterocycles. The SMILES string of the molecule is NC(=O)CC(N)C(=O)N1CCCN(Cc2cccs2)CC1. The van der Waals surface area contributed by atoms with Gasteiger partial charge in [0, 0.05) is 37.6 Å². The molecule has 0 spiro atoms. The second-order valence-corrected chi connectivity index (χ2v) is 6.34. The maximum atomic E-state index is 12.2. The van der Waals surface area contributed by atoms with Gasteiger partial charge in [0.15, 0.2) is 0 Å². The van der Waals surface area contributed by atoms with Crippen LogP contribution in [0.3, 0.4) is 0 Å². The molecule has 0 aliphatic carbocycles. The van der Waals surface area contributed by atoms with Crippen LogP contribution in [-0.4, -0.2) is 53.8 Å². The molecule has 4 N–H and O–H groups in total. The number of thiophene rings is 1. The van der Waals surface area contributed by atoms with E-state index in [-0.39, 0.29) is 12.3 Å². The zero-order chi connectivity index (χ0) is 15.2. The third kappa shape index (κ3) is 4.80. The lowest BCUT2D eigenvalue weighted by Gasteiger charge is -2.24. The predicted octanol–water partition coefficient (Wildman–Crippen LogP) is -0.0149. The van der Waals surface area contributed by atoms with E-state index in [1.807, 2.05) is 0 Å². The highest BCUT2D eigenvalue weighted by molar-refractivity contribution is 7.09. The average Bonchev–Trinajstić information content (AvgIpc) is 2.82. The Kier molecular flexibility index (Phi) is 5.72. The second kappa shape index (κ2) is 7.53. The Morgan fingerprint density at radius 1 is 1.29 bits per heavy atom. The Bertz CT molecular complexity index is 477. The first kappa shape index (κ1) is 15.9. The third-order valence-electron chi connectivity index (χ3n) is 3.60. The minimum atomic E-state index is -0.814. The summed E-state index contributed by atoms with van der Waals surface area (Å²) >= 11 is 1.75. The molecule has 0 aromatic carbocycles. The smallest absolute Gasteiger partial charge is 0.240 e. The third-order valence-corrected chi connectivity index (χ3v) is 4.46. The van der Waals surface area contributed by atoms with Gasteiger partial charge in [-0.15, -0.1) is 11.3 Å². The normalized spacial score (nSPS) is 18.2. The summed E-state index contributed by atoms with van der Waals surface area (Å²) in [5.74, 6) is -0.711. The van der Waals surface area contributed by atoms with E-state index in [1.54, 1.807) is 16.2 Å². The summed E-state index contributed by atoms with van der Waals surface area (Å²) in [4.78, 5) is 28.5. The largest absolute Gasteiger partial charge is 0.370 e. The van der Waals surface area contributed by atoms with Gasteiger partial charge in [-0.25, -0.2) is 0 Å². The number of rotatable bonds is 5. The molecule has 1 saturated heterocycles. The quantitative estimate of drug-likeness (QED) is 0.800. The summed E-state index contributed by atoms with van der Waals surface area (Å²) in [7, 11) is 0. The van der Waals surface area contributed by atoms with Crippen LogP contribution in [0.1, 0.15) is 17.7 Å². The topological polar surface area (TPSA) is 92.7 Å². The van der Waals surface area contributed by atoms with Gasteiger partial charge in [0.05, 0.1) is 12.5 Å². The van der Waals surface area contributed by atoms with Crippen molar-refractivity contribution in [3.63, 3.8) is 0 Å². The fourth-order valence-electron chi connectivity index (χ4n) is 2.51. The number of nitrogens with zero attached hydrogens (tertiary/aromatic N) is 2. The highest BCUT2D eigenvalue weighted by Gasteiger charge is 2.24. The Balaban J connectivity index is 1.85. The van der Waals surface area contributed by atoms with E-state index in [0.717, 1.165) is 26.1 Å². The van der Waals surface area contributed by atoms with Crippen molar-refractivity contribution in [2.75, 3.05) is 26.2 Å². The van der Waals surface area contributed by atoms with Crippen molar-refractivity contribution >= 4 is 23.2 Å². The minimum absolute atomic E-state index is 0.0890. The molecule has 2 rings (SSSR count). The summed E-state index contributed by atoms with van der Waals surface area (Å²) in [5, 5.41) is 2.08. The minimum Gasteiger partial charge on any atom is -0.370 e. The molecular weight excluding hydrogens is 288 g/mol. The standard InChI is InChI=1S/C14H22N4O2S/c15-12(9-13(16)19)14(20)18-5-2-4-17(6-7-18)10-11-3-1-8-21-11/h1,3,8,12H,2,4-7,9-10,15H2,(H2,16,19).